The summed E-state index contributed by atoms with van der Waals surface area (Å²) in [6.45, 7) is 2.28. The summed E-state index contributed by atoms with van der Waals surface area (Å²) in [5.74, 6) is 12.7. The molecule has 0 amide bonds. The van der Waals surface area contributed by atoms with Crippen molar-refractivity contribution in [3.8, 4) is 35.2 Å². The van der Waals surface area contributed by atoms with E-state index in [1.54, 1.807) is 55.3 Å². The molecule has 11 N–H and O–H groups in total. The molecule has 2 aromatic heterocycles. The zero-order chi connectivity index (χ0) is 61.0. The molecule has 8 rings (SSSR count). The van der Waals surface area contributed by atoms with E-state index in [4.69, 9.17) is 9.47 Å². The Kier molecular flexibility index (Phi) is 25.3. The number of aryl methyl sites for hydroxylation is 1. The van der Waals surface area contributed by atoms with Gasteiger partial charge in [-0.05, 0) is 129 Å². The molecule has 0 aliphatic carbocycles. The summed E-state index contributed by atoms with van der Waals surface area (Å²) in [6, 6.07) is 25.8. The molecule has 4 aromatic carbocycles. The Bertz CT molecular complexity index is 3170. The van der Waals surface area contributed by atoms with Crippen LogP contribution in [0.25, 0.3) is 21.8 Å². The first-order valence-corrected chi connectivity index (χ1v) is 29.6. The number of hydrogen-bond acceptors (Lipinski definition) is 17. The first kappa shape index (κ1) is 66.9. The van der Waals surface area contributed by atoms with Crippen LogP contribution >= 0.6 is 23.5 Å². The number of aromatic nitrogens is 2. The SMILES string of the molecule is CCCC(O)CN1CCC(Nc2cccc3c2cc(C#CCNc2ccc(SC)cc2OC(O)(O)O)n3CCF)CC1.COc1cc(SC)ccc1NCC#Cc1cc2c(NC3CCN(C(O)(O)O)CC3)cccc2n1CC(F)(F)F.FCF. The minimum Gasteiger partial charge on any atom is -0.495 e. The molecule has 6 aromatic rings. The minimum absolute atomic E-state index is 0.0568. The quantitative estimate of drug-likeness (QED) is 0.0141. The van der Waals surface area contributed by atoms with E-state index in [-0.39, 0.29) is 56.3 Å². The van der Waals surface area contributed by atoms with E-state index in [1.807, 2.05) is 65.6 Å². The number of anilines is 4. The number of aliphatic hydroxyl groups excluding tert-OH is 1. The van der Waals surface area contributed by atoms with Crippen LogP contribution in [0.2, 0.25) is 0 Å². The minimum atomic E-state index is -4.44. The van der Waals surface area contributed by atoms with Crippen molar-refractivity contribution in [2.24, 2.45) is 0 Å². The lowest BCUT2D eigenvalue weighted by atomic mass is 10.0. The monoisotopic (exact) mass is 1220 g/mol. The van der Waals surface area contributed by atoms with Gasteiger partial charge in [0.15, 0.2) is 5.75 Å². The van der Waals surface area contributed by atoms with Gasteiger partial charge in [-0.1, -0.05) is 37.3 Å². The largest absolute Gasteiger partial charge is 0.495 e. The van der Waals surface area contributed by atoms with Crippen LogP contribution in [0.4, 0.5) is 49.1 Å². The molecule has 0 spiro atoms. The average Bonchev–Trinajstić information content (AvgIpc) is 4.04. The molecule has 17 nitrogen and oxygen atoms in total. The summed E-state index contributed by atoms with van der Waals surface area (Å²) in [4.78, 5) is 5.32. The van der Waals surface area contributed by atoms with Crippen molar-refractivity contribution >= 4 is 68.1 Å². The number of benzene rings is 4. The Morgan fingerprint density at radius 3 is 1.62 bits per heavy atom. The van der Waals surface area contributed by atoms with E-state index in [0.717, 1.165) is 82.3 Å². The van der Waals surface area contributed by atoms with Gasteiger partial charge in [-0.3, -0.25) is 0 Å². The highest BCUT2D eigenvalue weighted by Crippen LogP contribution is 2.35. The van der Waals surface area contributed by atoms with Gasteiger partial charge >= 0.3 is 18.4 Å². The third-order valence-corrected chi connectivity index (χ3v) is 15.3. The topological polar surface area (TPSA) is 225 Å². The molecule has 2 saturated heterocycles. The van der Waals surface area contributed by atoms with Crippen LogP contribution in [0.3, 0.4) is 0 Å². The first-order chi connectivity index (χ1) is 40.1. The molecular formula is C59H74F6N8O9S2. The standard InChI is InChI=1S/C31H41FN4O5S.C27H31F3N4O4S.CH2F2/c1-3-6-24(37)21-35-16-12-22(13-17-35)34-27-8-4-9-29-26(27)19-23(36(29)18-14-32)7-5-15-33-28-11-10-25(42-2)20-30(28)41-31(38,39)40;1-38-25-16-20(39-2)8-9-23(25)31-12-4-5-19-15-21-22(6-3-7-24(21)34(19)17-26(28,29)30)32-18-10-13-33(14-11-18)27(35,36)37;2-1-3/h4,8-11,19-20,22,24,33-34,37-40H,3,6,12-18,21H2,1-2H3;3,6-9,15-16,18,31-32,35-37H,10-14,17H2,1-2H3;1H2. The van der Waals surface area contributed by atoms with Crippen LogP contribution in [0.5, 0.6) is 11.5 Å². The Hall–Kier alpha value is -6.20. The molecule has 84 heavy (non-hydrogen) atoms. The van der Waals surface area contributed by atoms with Crippen molar-refractivity contribution in [2.45, 2.75) is 105 Å². The van der Waals surface area contributed by atoms with E-state index in [0.29, 0.717) is 52.6 Å². The maximum Gasteiger partial charge on any atom is 0.453 e. The average molecular weight is 1220 g/mol. The van der Waals surface area contributed by atoms with E-state index >= 15 is 0 Å². The second kappa shape index (κ2) is 31.8. The van der Waals surface area contributed by atoms with Crippen molar-refractivity contribution in [2.75, 3.05) is 100 Å². The van der Waals surface area contributed by atoms with Gasteiger partial charge in [0.25, 0.3) is 0 Å². The number of piperidine rings is 2. The summed E-state index contributed by atoms with van der Waals surface area (Å²) in [7, 11) is 1.57. The smallest absolute Gasteiger partial charge is 0.453 e. The number of β-amino-alcohol motifs (C(OH)–C–C–N with tert-alkyl or cyclic N) is 1. The zero-order valence-electron chi connectivity index (χ0n) is 47.2. The lowest BCUT2D eigenvalue weighted by Crippen LogP contribution is -2.53. The van der Waals surface area contributed by atoms with Gasteiger partial charge < -0.3 is 80.5 Å². The lowest BCUT2D eigenvalue weighted by Gasteiger charge is -2.36. The number of aliphatic hydroxyl groups is 7. The highest BCUT2D eigenvalue weighted by molar-refractivity contribution is 7.98. The molecule has 0 radical (unpaired) electrons. The Morgan fingerprint density at radius 2 is 1.15 bits per heavy atom. The van der Waals surface area contributed by atoms with E-state index in [9.17, 15) is 62.1 Å². The van der Waals surface area contributed by atoms with Gasteiger partial charge in [0.2, 0.25) is 6.93 Å². The second-order valence-electron chi connectivity index (χ2n) is 19.8. The highest BCUT2D eigenvalue weighted by atomic mass is 32.2. The summed E-state index contributed by atoms with van der Waals surface area (Å²) in [5.41, 5.74) is 5.05. The van der Waals surface area contributed by atoms with Crippen LogP contribution in [0.1, 0.15) is 56.8 Å². The molecule has 0 bridgehead atoms. The van der Waals surface area contributed by atoms with Crippen molar-refractivity contribution in [3.63, 3.8) is 0 Å². The van der Waals surface area contributed by atoms with Crippen LogP contribution in [-0.2, 0) is 13.1 Å². The Labute approximate surface area is 493 Å². The van der Waals surface area contributed by atoms with Gasteiger partial charge in [0.1, 0.15) is 19.0 Å². The van der Waals surface area contributed by atoms with Crippen molar-refractivity contribution < 1.29 is 71.6 Å². The number of fused-ring (bicyclic) bond motifs is 2. The third-order valence-electron chi connectivity index (χ3n) is 13.9. The molecule has 2 aliphatic rings. The normalized spacial score (nSPS) is 14.9. The van der Waals surface area contributed by atoms with Gasteiger partial charge in [-0.25, -0.2) is 18.1 Å². The summed E-state index contributed by atoms with van der Waals surface area (Å²) in [5, 5.41) is 81.1. The Balaban J connectivity index is 0.000000258. The number of rotatable bonds is 21. The summed E-state index contributed by atoms with van der Waals surface area (Å²) in [6.07, 6.45) is -2.28. The number of nitrogens with zero attached hydrogens (tertiary/aromatic N) is 4. The predicted octanol–water partition coefficient (Wildman–Crippen LogP) is 8.55. The number of halogens is 6. The molecule has 1 unspecified atom stereocenters. The molecule has 0 saturated carbocycles. The van der Waals surface area contributed by atoms with Gasteiger partial charge in [0.05, 0.1) is 66.6 Å². The summed E-state index contributed by atoms with van der Waals surface area (Å²) >= 11 is 3.02. The first-order valence-electron chi connectivity index (χ1n) is 27.2. The van der Waals surface area contributed by atoms with Gasteiger partial charge in [0, 0.05) is 76.7 Å². The predicted molar refractivity (Wildman–Crippen MR) is 318 cm³/mol. The molecule has 458 valence electrons. The van der Waals surface area contributed by atoms with Crippen molar-refractivity contribution in [1.82, 2.24) is 18.9 Å². The van der Waals surface area contributed by atoms with Crippen LogP contribution < -0.4 is 30.7 Å². The molecule has 2 fully saturated rings. The molecule has 25 heteroatoms. The van der Waals surface area contributed by atoms with E-state index in [2.05, 4.69) is 56.8 Å². The van der Waals surface area contributed by atoms with Crippen molar-refractivity contribution in [3.05, 3.63) is 96.3 Å². The maximum absolute atomic E-state index is 13.6. The summed E-state index contributed by atoms with van der Waals surface area (Å²) < 4.78 is 86.7. The van der Waals surface area contributed by atoms with Gasteiger partial charge in [-0.15, -0.1) is 23.5 Å². The number of hydrogen-bond donors (Lipinski definition) is 11. The number of thioether (sulfide) groups is 2. The van der Waals surface area contributed by atoms with E-state index < -0.39 is 38.6 Å². The van der Waals surface area contributed by atoms with Crippen LogP contribution in [-0.4, -0.2) is 170 Å². The lowest BCUT2D eigenvalue weighted by molar-refractivity contribution is -0.419. The molecule has 2 aliphatic heterocycles. The van der Waals surface area contributed by atoms with E-state index in [1.165, 1.54) is 16.3 Å². The fraction of sp³-hybridized carbons (Fsp3) is 0.458. The fourth-order valence-corrected chi connectivity index (χ4v) is 10.8. The number of methoxy groups -OCH3 is 1. The number of nitrogens with one attached hydrogen (secondary N) is 4. The van der Waals surface area contributed by atoms with Crippen LogP contribution in [0.15, 0.2) is 94.7 Å². The molecule has 4 heterocycles. The maximum atomic E-state index is 13.6. The highest BCUT2D eigenvalue weighted by Gasteiger charge is 2.34. The molecular weight excluding hydrogens is 1140 g/mol. The number of ether oxygens (including phenoxy) is 2. The number of alkyl halides is 6. The van der Waals surface area contributed by atoms with Crippen molar-refractivity contribution in [1.29, 1.82) is 0 Å². The fourth-order valence-electron chi connectivity index (χ4n) is 9.95. The third kappa shape index (κ3) is 20.0. The zero-order valence-corrected chi connectivity index (χ0v) is 48.8. The Morgan fingerprint density at radius 1 is 0.667 bits per heavy atom. The second-order valence-corrected chi connectivity index (χ2v) is 21.5. The van der Waals surface area contributed by atoms with Crippen LogP contribution in [0, 0.1) is 23.7 Å². The molecule has 1 atom stereocenters. The number of likely N-dealkylation sites (tertiary alicyclic amines) is 2. The van der Waals surface area contributed by atoms with Gasteiger partial charge in [-0.2, -0.15) is 13.2 Å².